The largest absolute Gasteiger partial charge is 0.247 e. The van der Waals surface area contributed by atoms with Gasteiger partial charge in [0.25, 0.3) is 0 Å². The topological polar surface area (TPSA) is 38.7 Å². The van der Waals surface area contributed by atoms with Gasteiger partial charge in [-0.2, -0.15) is 0 Å². The first-order chi connectivity index (χ1) is 23.8. The van der Waals surface area contributed by atoms with Crippen LogP contribution in [0.4, 0.5) is 0 Å². The molecule has 0 spiro atoms. The lowest BCUT2D eigenvalue weighted by Gasteiger charge is -2.13. The van der Waals surface area contributed by atoms with Crippen LogP contribution < -0.4 is 0 Å². The molecule has 0 N–H and O–H groups in total. The van der Waals surface area contributed by atoms with Crippen LogP contribution >= 0.6 is 0 Å². The molecule has 0 aliphatic rings. The van der Waals surface area contributed by atoms with Crippen molar-refractivity contribution in [2.45, 2.75) is 0 Å². The molecule has 224 valence electrons. The van der Waals surface area contributed by atoms with Crippen molar-refractivity contribution >= 4 is 32.4 Å². The second kappa shape index (κ2) is 11.7. The number of fused-ring (bicyclic) bond motifs is 5. The quantitative estimate of drug-likeness (QED) is 0.182. The van der Waals surface area contributed by atoms with E-state index in [-0.39, 0.29) is 0 Å². The van der Waals surface area contributed by atoms with Gasteiger partial charge in [-0.25, -0.2) is 15.0 Å². The average Bonchev–Trinajstić information content (AvgIpc) is 3.18. The molecular formula is C45H29N3. The Morgan fingerprint density at radius 2 is 0.833 bits per heavy atom. The molecule has 7 aromatic carbocycles. The minimum Gasteiger partial charge on any atom is -0.247 e. The summed E-state index contributed by atoms with van der Waals surface area (Å²) in [6, 6.07) is 61.4. The zero-order valence-electron chi connectivity index (χ0n) is 26.1. The fourth-order valence-corrected chi connectivity index (χ4v) is 6.66. The van der Waals surface area contributed by atoms with Crippen molar-refractivity contribution in [1.82, 2.24) is 15.0 Å². The molecule has 0 saturated carbocycles. The van der Waals surface area contributed by atoms with Gasteiger partial charge >= 0.3 is 0 Å². The fraction of sp³-hybridized carbons (Fsp3) is 0. The van der Waals surface area contributed by atoms with Crippen LogP contribution in [0.15, 0.2) is 176 Å². The first-order valence-electron chi connectivity index (χ1n) is 16.2. The normalized spacial score (nSPS) is 11.3. The van der Waals surface area contributed by atoms with E-state index in [1.165, 1.54) is 27.1 Å². The van der Waals surface area contributed by atoms with Crippen molar-refractivity contribution in [1.29, 1.82) is 0 Å². The average molecular weight is 612 g/mol. The van der Waals surface area contributed by atoms with Gasteiger partial charge in [0.15, 0.2) is 5.82 Å². The summed E-state index contributed by atoms with van der Waals surface area (Å²) in [4.78, 5) is 15.3. The number of para-hydroxylation sites is 1. The molecule has 2 aromatic heterocycles. The number of pyridine rings is 1. The van der Waals surface area contributed by atoms with Gasteiger partial charge in [-0.05, 0) is 34.0 Å². The lowest BCUT2D eigenvalue weighted by molar-refractivity contribution is 1.18. The van der Waals surface area contributed by atoms with Gasteiger partial charge in [0.1, 0.15) is 0 Å². The Bertz CT molecular complexity index is 2560. The smallest absolute Gasteiger partial charge is 0.160 e. The van der Waals surface area contributed by atoms with Gasteiger partial charge in [0.2, 0.25) is 0 Å². The third-order valence-electron chi connectivity index (χ3n) is 9.09. The Labute approximate surface area is 278 Å². The van der Waals surface area contributed by atoms with Gasteiger partial charge < -0.3 is 0 Å². The predicted molar refractivity (Wildman–Crippen MR) is 200 cm³/mol. The van der Waals surface area contributed by atoms with Crippen LogP contribution in [-0.2, 0) is 0 Å². The molecule has 3 nitrogen and oxygen atoms in total. The summed E-state index contributed by atoms with van der Waals surface area (Å²) in [6.07, 6.45) is 0. The highest BCUT2D eigenvalue weighted by molar-refractivity contribution is 6.22. The standard InChI is InChI=1S/C45H29N3/c1-3-11-30(12-4-1)31-19-25-36(26-20-31)45-47-41(33-14-5-2-6-15-33)29-42(48-45)34-21-23-35(24-22-34)44-39-28-27-32-13-7-8-16-37(32)43(39)38-17-9-10-18-40(38)46-44/h1-29H. The summed E-state index contributed by atoms with van der Waals surface area (Å²) >= 11 is 0. The predicted octanol–water partition coefficient (Wildman–Crippen LogP) is 11.7. The van der Waals surface area contributed by atoms with E-state index in [4.69, 9.17) is 15.0 Å². The Balaban J connectivity index is 1.15. The Kier molecular flexibility index (Phi) is 6.80. The number of aromatic nitrogens is 3. The molecule has 9 rings (SSSR count). The zero-order chi connectivity index (χ0) is 31.9. The van der Waals surface area contributed by atoms with Crippen LogP contribution in [0, 0.1) is 0 Å². The van der Waals surface area contributed by atoms with E-state index in [1.807, 2.05) is 24.3 Å². The molecule has 3 heteroatoms. The molecule has 0 atom stereocenters. The van der Waals surface area contributed by atoms with Gasteiger partial charge in [-0.15, -0.1) is 0 Å². The first kappa shape index (κ1) is 27.8. The summed E-state index contributed by atoms with van der Waals surface area (Å²) in [5.74, 6) is 0.698. The van der Waals surface area contributed by atoms with Crippen LogP contribution in [0.3, 0.4) is 0 Å². The maximum Gasteiger partial charge on any atom is 0.160 e. The van der Waals surface area contributed by atoms with E-state index in [1.54, 1.807) is 0 Å². The number of benzene rings is 7. The summed E-state index contributed by atoms with van der Waals surface area (Å²) in [5.41, 5.74) is 10.2. The highest BCUT2D eigenvalue weighted by Gasteiger charge is 2.15. The van der Waals surface area contributed by atoms with Crippen molar-refractivity contribution < 1.29 is 0 Å². The van der Waals surface area contributed by atoms with E-state index in [9.17, 15) is 0 Å². The maximum atomic E-state index is 5.19. The Morgan fingerprint density at radius 1 is 0.312 bits per heavy atom. The van der Waals surface area contributed by atoms with Crippen LogP contribution in [-0.4, -0.2) is 15.0 Å². The van der Waals surface area contributed by atoms with Gasteiger partial charge in [0, 0.05) is 38.4 Å². The number of hydrogen-bond acceptors (Lipinski definition) is 3. The van der Waals surface area contributed by atoms with Crippen molar-refractivity contribution in [3.63, 3.8) is 0 Å². The van der Waals surface area contributed by atoms with Crippen molar-refractivity contribution in [2.24, 2.45) is 0 Å². The lowest BCUT2D eigenvalue weighted by Crippen LogP contribution is -1.96. The van der Waals surface area contributed by atoms with Crippen molar-refractivity contribution in [3.05, 3.63) is 176 Å². The summed E-state index contributed by atoms with van der Waals surface area (Å²) in [6.45, 7) is 0. The van der Waals surface area contributed by atoms with E-state index in [0.717, 1.165) is 55.8 Å². The monoisotopic (exact) mass is 611 g/mol. The second-order valence-electron chi connectivity index (χ2n) is 12.0. The second-order valence-corrected chi connectivity index (χ2v) is 12.0. The van der Waals surface area contributed by atoms with E-state index in [2.05, 4.69) is 152 Å². The first-order valence-corrected chi connectivity index (χ1v) is 16.2. The molecule has 0 bridgehead atoms. The summed E-state index contributed by atoms with van der Waals surface area (Å²) in [5, 5.41) is 6.03. The molecule has 0 aliphatic heterocycles. The van der Waals surface area contributed by atoms with Crippen LogP contribution in [0.25, 0.3) is 88.7 Å². The Hall–Kier alpha value is -6.45. The highest BCUT2D eigenvalue weighted by Crippen LogP contribution is 2.38. The van der Waals surface area contributed by atoms with Crippen LogP contribution in [0.1, 0.15) is 0 Å². The van der Waals surface area contributed by atoms with Crippen LogP contribution in [0.2, 0.25) is 0 Å². The van der Waals surface area contributed by atoms with E-state index >= 15 is 0 Å². The molecule has 48 heavy (non-hydrogen) atoms. The fourth-order valence-electron chi connectivity index (χ4n) is 6.66. The molecule has 9 aromatic rings. The minimum atomic E-state index is 0.698. The molecule has 0 unspecified atom stereocenters. The number of nitrogens with zero attached hydrogens (tertiary/aromatic N) is 3. The molecule has 0 saturated heterocycles. The molecule has 0 radical (unpaired) electrons. The van der Waals surface area contributed by atoms with Gasteiger partial charge in [-0.1, -0.05) is 164 Å². The van der Waals surface area contributed by atoms with E-state index < -0.39 is 0 Å². The number of hydrogen-bond donors (Lipinski definition) is 0. The Morgan fingerprint density at radius 3 is 1.56 bits per heavy atom. The van der Waals surface area contributed by atoms with Crippen molar-refractivity contribution in [3.8, 4) is 56.3 Å². The lowest BCUT2D eigenvalue weighted by atomic mass is 9.95. The summed E-state index contributed by atoms with van der Waals surface area (Å²) < 4.78 is 0. The third kappa shape index (κ3) is 4.99. The molecular weight excluding hydrogens is 583 g/mol. The van der Waals surface area contributed by atoms with Gasteiger partial charge in [-0.3, -0.25) is 0 Å². The third-order valence-corrected chi connectivity index (χ3v) is 9.09. The molecule has 0 fully saturated rings. The van der Waals surface area contributed by atoms with Crippen molar-refractivity contribution in [2.75, 3.05) is 0 Å². The number of rotatable bonds is 5. The molecule has 0 aliphatic carbocycles. The summed E-state index contributed by atoms with van der Waals surface area (Å²) in [7, 11) is 0. The minimum absolute atomic E-state index is 0.698. The zero-order valence-corrected chi connectivity index (χ0v) is 26.1. The SMILES string of the molecule is c1ccc(-c2ccc(-c3nc(-c4ccccc4)cc(-c4ccc(-c5nc6ccccc6c6c5ccc5ccccc56)cc4)n3)cc2)cc1. The highest BCUT2D eigenvalue weighted by atomic mass is 14.9. The maximum absolute atomic E-state index is 5.19. The van der Waals surface area contributed by atoms with Gasteiger partial charge in [0.05, 0.1) is 22.6 Å². The van der Waals surface area contributed by atoms with E-state index in [0.29, 0.717) is 5.82 Å². The van der Waals surface area contributed by atoms with Crippen LogP contribution in [0.5, 0.6) is 0 Å². The molecule has 2 heterocycles. The molecule has 0 amide bonds.